The van der Waals surface area contributed by atoms with E-state index in [4.69, 9.17) is 16.0 Å². The van der Waals surface area contributed by atoms with Gasteiger partial charge in [0, 0.05) is 19.4 Å². The largest absolute Gasteiger partial charge is 0.468 e. The van der Waals surface area contributed by atoms with E-state index in [0.717, 1.165) is 18.8 Å². The molecule has 0 spiro atoms. The highest BCUT2D eigenvalue weighted by Gasteiger charge is 2.25. The van der Waals surface area contributed by atoms with Crippen molar-refractivity contribution in [1.29, 1.82) is 0 Å². The number of rotatable bonds is 8. The number of nitrogens with one attached hydrogen (secondary N) is 1. The molecule has 3 heterocycles. The van der Waals surface area contributed by atoms with Crippen LogP contribution >= 0.6 is 22.9 Å². The van der Waals surface area contributed by atoms with Gasteiger partial charge in [-0.3, -0.25) is 14.5 Å². The Kier molecular flexibility index (Phi) is 6.88. The number of amides is 1. The van der Waals surface area contributed by atoms with Crippen LogP contribution in [0.25, 0.3) is 0 Å². The second-order valence-electron chi connectivity index (χ2n) is 6.46. The Morgan fingerprint density at radius 1 is 1.19 bits per heavy atom. The van der Waals surface area contributed by atoms with Gasteiger partial charge in [0.15, 0.2) is 5.78 Å². The summed E-state index contributed by atoms with van der Waals surface area (Å²) in [6, 6.07) is 7.28. The van der Waals surface area contributed by atoms with E-state index in [1.165, 1.54) is 30.6 Å². The smallest absolute Gasteiger partial charge is 0.220 e. The molecule has 2 aromatic heterocycles. The lowest BCUT2D eigenvalue weighted by Gasteiger charge is -2.33. The lowest BCUT2D eigenvalue weighted by Crippen LogP contribution is -2.40. The molecule has 140 valence electrons. The van der Waals surface area contributed by atoms with Gasteiger partial charge in [0.25, 0.3) is 0 Å². The van der Waals surface area contributed by atoms with Crippen LogP contribution in [0.15, 0.2) is 34.9 Å². The van der Waals surface area contributed by atoms with Crippen molar-refractivity contribution in [2.75, 3.05) is 19.6 Å². The fourth-order valence-corrected chi connectivity index (χ4v) is 4.24. The molecular formula is C19H23ClN2O3S. The summed E-state index contributed by atoms with van der Waals surface area (Å²) in [5.41, 5.74) is 0. The maximum atomic E-state index is 12.2. The van der Waals surface area contributed by atoms with Crippen molar-refractivity contribution in [3.8, 4) is 0 Å². The zero-order valence-electron chi connectivity index (χ0n) is 14.6. The molecule has 0 radical (unpaired) electrons. The van der Waals surface area contributed by atoms with Crippen LogP contribution in [0, 0.1) is 0 Å². The third-order valence-corrected chi connectivity index (χ3v) is 5.89. The van der Waals surface area contributed by atoms with Crippen LogP contribution < -0.4 is 5.32 Å². The minimum Gasteiger partial charge on any atom is -0.468 e. The minimum atomic E-state index is -0.116. The number of hydrogen-bond donors (Lipinski definition) is 1. The van der Waals surface area contributed by atoms with E-state index in [2.05, 4.69) is 10.2 Å². The summed E-state index contributed by atoms with van der Waals surface area (Å²) in [5.74, 6) is 0.710. The molecule has 0 bridgehead atoms. The molecule has 1 unspecified atom stereocenters. The van der Waals surface area contributed by atoms with E-state index in [1.807, 2.05) is 12.1 Å². The fraction of sp³-hybridized carbons (Fsp3) is 0.474. The summed E-state index contributed by atoms with van der Waals surface area (Å²) in [5, 5.41) is 2.96. The van der Waals surface area contributed by atoms with Gasteiger partial charge in [-0.2, -0.15) is 0 Å². The first-order valence-corrected chi connectivity index (χ1v) is 10.2. The van der Waals surface area contributed by atoms with Crippen molar-refractivity contribution >= 4 is 34.6 Å². The molecule has 1 atom stereocenters. The first kappa shape index (κ1) is 19.1. The van der Waals surface area contributed by atoms with Crippen molar-refractivity contribution in [2.24, 2.45) is 0 Å². The Morgan fingerprint density at radius 2 is 2.00 bits per heavy atom. The number of hydrogen-bond acceptors (Lipinski definition) is 5. The van der Waals surface area contributed by atoms with Crippen LogP contribution in [-0.2, 0) is 4.79 Å². The molecule has 1 aliphatic heterocycles. The molecule has 2 aromatic rings. The summed E-state index contributed by atoms with van der Waals surface area (Å²) in [6.07, 6.45) is 5.63. The van der Waals surface area contributed by atoms with E-state index in [1.54, 1.807) is 18.4 Å². The summed E-state index contributed by atoms with van der Waals surface area (Å²) < 4.78 is 6.17. The molecule has 26 heavy (non-hydrogen) atoms. The first-order valence-electron chi connectivity index (χ1n) is 8.96. The molecule has 3 rings (SSSR count). The predicted molar refractivity (Wildman–Crippen MR) is 103 cm³/mol. The van der Waals surface area contributed by atoms with Gasteiger partial charge in [0.05, 0.1) is 21.5 Å². The molecule has 1 saturated heterocycles. The lowest BCUT2D eigenvalue weighted by molar-refractivity contribution is -0.121. The second kappa shape index (κ2) is 9.35. The van der Waals surface area contributed by atoms with Gasteiger partial charge in [0.2, 0.25) is 5.91 Å². The van der Waals surface area contributed by atoms with Gasteiger partial charge in [-0.1, -0.05) is 18.0 Å². The number of ketones is 1. The number of halogens is 1. The van der Waals surface area contributed by atoms with Gasteiger partial charge in [-0.15, -0.1) is 11.3 Å². The number of furan rings is 1. The van der Waals surface area contributed by atoms with Crippen molar-refractivity contribution < 1.29 is 14.0 Å². The lowest BCUT2D eigenvalue weighted by atomic mass is 10.1. The monoisotopic (exact) mass is 394 g/mol. The summed E-state index contributed by atoms with van der Waals surface area (Å²) in [4.78, 5) is 27.3. The maximum Gasteiger partial charge on any atom is 0.220 e. The van der Waals surface area contributed by atoms with Crippen LogP contribution in [0.4, 0.5) is 0 Å². The minimum absolute atomic E-state index is 0.0426. The van der Waals surface area contributed by atoms with Crippen LogP contribution in [-0.4, -0.2) is 36.2 Å². The average Bonchev–Trinajstić information content (AvgIpc) is 3.33. The second-order valence-corrected chi connectivity index (χ2v) is 8.17. The van der Waals surface area contributed by atoms with Gasteiger partial charge >= 0.3 is 0 Å². The normalized spacial score (nSPS) is 16.3. The molecule has 0 aromatic carbocycles. The molecular weight excluding hydrogens is 372 g/mol. The van der Waals surface area contributed by atoms with Gasteiger partial charge in [0.1, 0.15) is 5.76 Å². The molecule has 1 amide bonds. The SMILES string of the molecule is O=C(CCC(=O)c1ccc(Cl)s1)NCC(c1ccco1)N1CCCCC1. The summed E-state index contributed by atoms with van der Waals surface area (Å²) >= 11 is 7.10. The fourth-order valence-electron chi connectivity index (χ4n) is 3.23. The standard InChI is InChI=1S/C19H23ClN2O3S/c20-18-8-7-17(26-18)15(23)6-9-19(24)21-13-14(16-5-4-12-25-16)22-10-2-1-3-11-22/h4-5,7-8,12,14H,1-3,6,9-11,13H2,(H,21,24). The molecule has 7 heteroatoms. The third kappa shape index (κ3) is 5.19. The maximum absolute atomic E-state index is 12.2. The van der Waals surface area contributed by atoms with E-state index < -0.39 is 0 Å². The molecule has 0 saturated carbocycles. The van der Waals surface area contributed by atoms with Gasteiger partial charge in [-0.25, -0.2) is 0 Å². The van der Waals surface area contributed by atoms with Crippen LogP contribution in [0.3, 0.4) is 0 Å². The first-order chi connectivity index (χ1) is 12.6. The summed E-state index contributed by atoms with van der Waals surface area (Å²) in [7, 11) is 0. The highest BCUT2D eigenvalue weighted by atomic mass is 35.5. The van der Waals surface area contributed by atoms with Crippen LogP contribution in [0.1, 0.15) is 53.6 Å². The topological polar surface area (TPSA) is 62.6 Å². The molecule has 5 nitrogen and oxygen atoms in total. The average molecular weight is 395 g/mol. The zero-order valence-corrected chi connectivity index (χ0v) is 16.2. The number of carbonyl (C=O) groups is 2. The van der Waals surface area contributed by atoms with Crippen molar-refractivity contribution in [3.63, 3.8) is 0 Å². The Morgan fingerprint density at radius 3 is 2.65 bits per heavy atom. The highest BCUT2D eigenvalue weighted by Crippen LogP contribution is 2.25. The Balaban J connectivity index is 1.50. The molecule has 0 aliphatic carbocycles. The van der Waals surface area contributed by atoms with E-state index in [0.29, 0.717) is 15.8 Å². The van der Waals surface area contributed by atoms with Crippen LogP contribution in [0.2, 0.25) is 4.34 Å². The number of Topliss-reactive ketones (excluding diaryl/α,β-unsaturated/α-hetero) is 1. The predicted octanol–water partition coefficient (Wildman–Crippen LogP) is 4.30. The molecule has 1 aliphatic rings. The number of nitrogens with zero attached hydrogens (tertiary/aromatic N) is 1. The number of thiophene rings is 1. The van der Waals surface area contributed by atoms with E-state index >= 15 is 0 Å². The van der Waals surface area contributed by atoms with Crippen molar-refractivity contribution in [3.05, 3.63) is 45.5 Å². The van der Waals surface area contributed by atoms with E-state index in [9.17, 15) is 9.59 Å². The Labute approximate surface area is 162 Å². The van der Waals surface area contributed by atoms with Crippen molar-refractivity contribution in [1.82, 2.24) is 10.2 Å². The summed E-state index contributed by atoms with van der Waals surface area (Å²) in [6.45, 7) is 2.52. The third-order valence-electron chi connectivity index (χ3n) is 4.62. The van der Waals surface area contributed by atoms with Crippen molar-refractivity contribution in [2.45, 2.75) is 38.1 Å². The zero-order chi connectivity index (χ0) is 18.4. The van der Waals surface area contributed by atoms with Crippen LogP contribution in [0.5, 0.6) is 0 Å². The van der Waals surface area contributed by atoms with E-state index in [-0.39, 0.29) is 30.6 Å². The molecule has 1 fully saturated rings. The number of carbonyl (C=O) groups excluding carboxylic acids is 2. The molecule has 1 N–H and O–H groups in total. The number of piperidine rings is 1. The Hall–Kier alpha value is -1.63. The quantitative estimate of drug-likeness (QED) is 0.678. The Bertz CT molecular complexity index is 723. The highest BCUT2D eigenvalue weighted by molar-refractivity contribution is 7.18. The number of likely N-dealkylation sites (tertiary alicyclic amines) is 1. The van der Waals surface area contributed by atoms with Gasteiger partial charge < -0.3 is 9.73 Å². The van der Waals surface area contributed by atoms with Gasteiger partial charge in [-0.05, 0) is 50.2 Å².